The zero-order valence-corrected chi connectivity index (χ0v) is 10.6. The van der Waals surface area contributed by atoms with Crippen LogP contribution in [0.15, 0.2) is 0 Å². The SMILES string of the molecule is COCC(C)CNc1c([N+](=O)[O-])c(C)nn1C. The minimum Gasteiger partial charge on any atom is -0.384 e. The molecule has 17 heavy (non-hydrogen) atoms. The minimum atomic E-state index is -0.411. The summed E-state index contributed by atoms with van der Waals surface area (Å²) in [5, 5.41) is 18.0. The Bertz CT molecular complexity index is 403. The minimum absolute atomic E-state index is 0.0390. The van der Waals surface area contributed by atoms with Gasteiger partial charge in [-0.15, -0.1) is 0 Å². The van der Waals surface area contributed by atoms with Crippen LogP contribution in [0.5, 0.6) is 0 Å². The van der Waals surface area contributed by atoms with Crippen LogP contribution in [-0.2, 0) is 11.8 Å². The van der Waals surface area contributed by atoms with Crippen molar-refractivity contribution in [2.24, 2.45) is 13.0 Å². The van der Waals surface area contributed by atoms with E-state index in [4.69, 9.17) is 4.74 Å². The molecule has 0 amide bonds. The van der Waals surface area contributed by atoms with Crippen LogP contribution in [0.1, 0.15) is 12.6 Å². The molecule has 1 unspecified atom stereocenters. The van der Waals surface area contributed by atoms with Crippen molar-refractivity contribution in [1.82, 2.24) is 9.78 Å². The summed E-state index contributed by atoms with van der Waals surface area (Å²) >= 11 is 0. The summed E-state index contributed by atoms with van der Waals surface area (Å²) in [5.41, 5.74) is 0.455. The van der Waals surface area contributed by atoms with Crippen molar-refractivity contribution in [3.05, 3.63) is 15.8 Å². The van der Waals surface area contributed by atoms with Gasteiger partial charge in [-0.05, 0) is 12.8 Å². The van der Waals surface area contributed by atoms with E-state index in [9.17, 15) is 10.1 Å². The molecule has 0 saturated heterocycles. The van der Waals surface area contributed by atoms with Crippen molar-refractivity contribution in [2.75, 3.05) is 25.6 Å². The van der Waals surface area contributed by atoms with Gasteiger partial charge in [0.2, 0.25) is 5.82 Å². The lowest BCUT2D eigenvalue weighted by atomic mass is 10.2. The number of aromatic nitrogens is 2. The maximum atomic E-state index is 10.9. The van der Waals surface area contributed by atoms with E-state index in [1.807, 2.05) is 6.92 Å². The van der Waals surface area contributed by atoms with E-state index >= 15 is 0 Å². The first-order chi connectivity index (χ1) is 7.97. The fourth-order valence-electron chi connectivity index (χ4n) is 1.68. The fourth-order valence-corrected chi connectivity index (χ4v) is 1.68. The molecule has 0 saturated carbocycles. The second kappa shape index (κ2) is 5.62. The van der Waals surface area contributed by atoms with Gasteiger partial charge in [0.05, 0.1) is 11.5 Å². The predicted molar refractivity (Wildman–Crippen MR) is 64.1 cm³/mol. The Hall–Kier alpha value is -1.63. The number of ether oxygens (including phenoxy) is 1. The smallest absolute Gasteiger partial charge is 0.333 e. The number of rotatable bonds is 6. The molecule has 1 aromatic heterocycles. The quantitative estimate of drug-likeness (QED) is 0.601. The Kier molecular flexibility index (Phi) is 4.45. The van der Waals surface area contributed by atoms with Gasteiger partial charge in [-0.3, -0.25) is 10.1 Å². The Morgan fingerprint density at radius 1 is 1.65 bits per heavy atom. The summed E-state index contributed by atoms with van der Waals surface area (Å²) < 4.78 is 6.50. The molecule has 1 heterocycles. The molecule has 1 rings (SSSR count). The van der Waals surface area contributed by atoms with Crippen LogP contribution in [0.4, 0.5) is 11.5 Å². The highest BCUT2D eigenvalue weighted by Crippen LogP contribution is 2.27. The summed E-state index contributed by atoms with van der Waals surface area (Å²) in [5.74, 6) is 0.713. The summed E-state index contributed by atoms with van der Waals surface area (Å²) in [4.78, 5) is 10.5. The molecule has 0 aliphatic heterocycles. The van der Waals surface area contributed by atoms with Crippen molar-refractivity contribution < 1.29 is 9.66 Å². The van der Waals surface area contributed by atoms with Crippen molar-refractivity contribution in [2.45, 2.75) is 13.8 Å². The first-order valence-electron chi connectivity index (χ1n) is 5.38. The molecule has 1 aromatic rings. The highest BCUT2D eigenvalue weighted by Gasteiger charge is 2.23. The largest absolute Gasteiger partial charge is 0.384 e. The number of nitrogens with one attached hydrogen (secondary N) is 1. The lowest BCUT2D eigenvalue weighted by Gasteiger charge is -2.11. The normalized spacial score (nSPS) is 12.5. The van der Waals surface area contributed by atoms with Gasteiger partial charge in [-0.2, -0.15) is 5.10 Å². The summed E-state index contributed by atoms with van der Waals surface area (Å²) in [6.07, 6.45) is 0. The third-order valence-corrected chi connectivity index (χ3v) is 2.44. The van der Waals surface area contributed by atoms with E-state index in [-0.39, 0.29) is 11.6 Å². The summed E-state index contributed by atoms with van der Waals surface area (Å²) in [6, 6.07) is 0. The van der Waals surface area contributed by atoms with Crippen molar-refractivity contribution >= 4 is 11.5 Å². The molecule has 7 nitrogen and oxygen atoms in total. The number of methoxy groups -OCH3 is 1. The fraction of sp³-hybridized carbons (Fsp3) is 0.700. The van der Waals surface area contributed by atoms with Gasteiger partial charge in [0.1, 0.15) is 5.69 Å². The van der Waals surface area contributed by atoms with E-state index in [1.54, 1.807) is 21.1 Å². The number of nitro groups is 1. The van der Waals surface area contributed by atoms with Gasteiger partial charge in [0.25, 0.3) is 0 Å². The number of hydrogen-bond donors (Lipinski definition) is 1. The molecule has 96 valence electrons. The van der Waals surface area contributed by atoms with Crippen LogP contribution in [0.3, 0.4) is 0 Å². The van der Waals surface area contributed by atoms with E-state index in [1.165, 1.54) is 4.68 Å². The van der Waals surface area contributed by atoms with Gasteiger partial charge >= 0.3 is 5.69 Å². The average molecular weight is 242 g/mol. The zero-order valence-electron chi connectivity index (χ0n) is 10.6. The first kappa shape index (κ1) is 13.4. The van der Waals surface area contributed by atoms with Gasteiger partial charge < -0.3 is 10.1 Å². The molecule has 0 aliphatic rings. The lowest BCUT2D eigenvalue weighted by Crippen LogP contribution is -2.17. The topological polar surface area (TPSA) is 82.2 Å². The molecule has 0 fully saturated rings. The van der Waals surface area contributed by atoms with Crippen LogP contribution < -0.4 is 5.32 Å². The molecule has 0 bridgehead atoms. The number of hydrogen-bond acceptors (Lipinski definition) is 5. The highest BCUT2D eigenvalue weighted by molar-refractivity contribution is 5.59. The van der Waals surface area contributed by atoms with Crippen LogP contribution >= 0.6 is 0 Å². The number of aryl methyl sites for hydroxylation is 2. The van der Waals surface area contributed by atoms with E-state index in [0.717, 1.165) is 0 Å². The molecule has 0 radical (unpaired) electrons. The Labute approximate surface area is 99.9 Å². The van der Waals surface area contributed by atoms with E-state index in [2.05, 4.69) is 10.4 Å². The summed E-state index contributed by atoms with van der Waals surface area (Å²) in [7, 11) is 3.32. The van der Waals surface area contributed by atoms with Crippen LogP contribution in [0, 0.1) is 23.0 Å². The van der Waals surface area contributed by atoms with Crippen LogP contribution in [-0.4, -0.2) is 35.0 Å². The van der Waals surface area contributed by atoms with Gasteiger partial charge in [0, 0.05) is 20.7 Å². The molecule has 7 heteroatoms. The number of anilines is 1. The van der Waals surface area contributed by atoms with Crippen LogP contribution in [0.25, 0.3) is 0 Å². The third kappa shape index (κ3) is 3.16. The lowest BCUT2D eigenvalue weighted by molar-refractivity contribution is -0.384. The maximum Gasteiger partial charge on any atom is 0.333 e. The predicted octanol–water partition coefficient (Wildman–Crippen LogP) is 1.33. The van der Waals surface area contributed by atoms with Crippen LogP contribution in [0.2, 0.25) is 0 Å². The van der Waals surface area contributed by atoms with E-state index in [0.29, 0.717) is 24.7 Å². The monoisotopic (exact) mass is 242 g/mol. The average Bonchev–Trinajstić information content (AvgIpc) is 2.50. The zero-order chi connectivity index (χ0) is 13.0. The third-order valence-electron chi connectivity index (χ3n) is 2.44. The first-order valence-corrected chi connectivity index (χ1v) is 5.38. The molecular weight excluding hydrogens is 224 g/mol. The van der Waals surface area contributed by atoms with E-state index < -0.39 is 4.92 Å². The standard InChI is InChI=1S/C10H18N4O3/c1-7(6-17-4)5-11-10-9(14(15)16)8(2)12-13(10)3/h7,11H,5-6H2,1-4H3. The van der Waals surface area contributed by atoms with Gasteiger partial charge in [0.15, 0.2) is 0 Å². The summed E-state index contributed by atoms with van der Waals surface area (Å²) in [6.45, 7) is 4.85. The second-order valence-electron chi connectivity index (χ2n) is 4.10. The number of nitrogens with zero attached hydrogens (tertiary/aromatic N) is 3. The van der Waals surface area contributed by atoms with Gasteiger partial charge in [-0.1, -0.05) is 6.92 Å². The van der Waals surface area contributed by atoms with Gasteiger partial charge in [-0.25, -0.2) is 4.68 Å². The molecule has 0 spiro atoms. The van der Waals surface area contributed by atoms with Crippen molar-refractivity contribution in [1.29, 1.82) is 0 Å². The highest BCUT2D eigenvalue weighted by atomic mass is 16.6. The molecular formula is C10H18N4O3. The molecule has 1 N–H and O–H groups in total. The molecule has 0 aromatic carbocycles. The Morgan fingerprint density at radius 3 is 2.82 bits per heavy atom. The Balaban J connectivity index is 2.80. The van der Waals surface area contributed by atoms with Crippen molar-refractivity contribution in [3.8, 4) is 0 Å². The van der Waals surface area contributed by atoms with Crippen molar-refractivity contribution in [3.63, 3.8) is 0 Å². The second-order valence-corrected chi connectivity index (χ2v) is 4.10. The molecule has 0 aliphatic carbocycles. The Morgan fingerprint density at radius 2 is 2.29 bits per heavy atom. The molecule has 1 atom stereocenters. The maximum absolute atomic E-state index is 10.9.